The van der Waals surface area contributed by atoms with Crippen molar-refractivity contribution in [2.45, 2.75) is 33.1 Å². The Balaban J connectivity index is 2.37. The van der Waals surface area contributed by atoms with E-state index in [0.717, 1.165) is 12.0 Å². The fraction of sp³-hybridized carbons (Fsp3) is 0.500. The Kier molecular flexibility index (Phi) is 5.20. The average Bonchev–Trinajstić information content (AvgIpc) is 2.29. The summed E-state index contributed by atoms with van der Waals surface area (Å²) in [5, 5.41) is 0. The SMILES string of the molecule is Cc1ccc(CC(=O)CCC(C)CN)cc1. The first-order valence-corrected chi connectivity index (χ1v) is 5.89. The van der Waals surface area contributed by atoms with Crippen LogP contribution < -0.4 is 5.73 Å². The van der Waals surface area contributed by atoms with Crippen molar-refractivity contribution in [3.8, 4) is 0 Å². The highest BCUT2D eigenvalue weighted by Gasteiger charge is 2.06. The monoisotopic (exact) mass is 219 g/mol. The van der Waals surface area contributed by atoms with Crippen LogP contribution in [0.15, 0.2) is 24.3 Å². The minimum absolute atomic E-state index is 0.309. The first kappa shape index (κ1) is 12.9. The molecule has 1 aromatic carbocycles. The van der Waals surface area contributed by atoms with E-state index in [0.29, 0.717) is 31.1 Å². The van der Waals surface area contributed by atoms with Gasteiger partial charge in [-0.2, -0.15) is 0 Å². The highest BCUT2D eigenvalue weighted by Crippen LogP contribution is 2.09. The van der Waals surface area contributed by atoms with Crippen LogP contribution in [0.1, 0.15) is 30.9 Å². The summed E-state index contributed by atoms with van der Waals surface area (Å²) in [4.78, 5) is 11.7. The fourth-order valence-corrected chi connectivity index (χ4v) is 1.55. The van der Waals surface area contributed by atoms with Gasteiger partial charge in [0.2, 0.25) is 0 Å². The van der Waals surface area contributed by atoms with Gasteiger partial charge in [0.05, 0.1) is 0 Å². The van der Waals surface area contributed by atoms with Gasteiger partial charge in [-0.25, -0.2) is 0 Å². The summed E-state index contributed by atoms with van der Waals surface area (Å²) in [6.07, 6.45) is 2.10. The Morgan fingerprint density at radius 3 is 2.50 bits per heavy atom. The molecule has 1 aromatic rings. The van der Waals surface area contributed by atoms with Gasteiger partial charge in [0.15, 0.2) is 0 Å². The zero-order chi connectivity index (χ0) is 12.0. The molecule has 0 heterocycles. The van der Waals surface area contributed by atoms with Crippen molar-refractivity contribution in [3.05, 3.63) is 35.4 Å². The van der Waals surface area contributed by atoms with E-state index in [1.54, 1.807) is 0 Å². The lowest BCUT2D eigenvalue weighted by Crippen LogP contribution is -2.13. The van der Waals surface area contributed by atoms with Crippen molar-refractivity contribution < 1.29 is 4.79 Å². The highest BCUT2D eigenvalue weighted by molar-refractivity contribution is 5.80. The van der Waals surface area contributed by atoms with Gasteiger partial charge in [-0.15, -0.1) is 0 Å². The molecule has 2 heteroatoms. The summed E-state index contributed by atoms with van der Waals surface area (Å²) in [5.41, 5.74) is 7.85. The van der Waals surface area contributed by atoms with Crippen LogP contribution in [-0.2, 0) is 11.2 Å². The van der Waals surface area contributed by atoms with E-state index in [-0.39, 0.29) is 0 Å². The number of nitrogens with two attached hydrogens (primary N) is 1. The van der Waals surface area contributed by atoms with Gasteiger partial charge in [0, 0.05) is 12.8 Å². The Bertz CT molecular complexity index is 329. The molecule has 1 atom stereocenters. The van der Waals surface area contributed by atoms with Crippen molar-refractivity contribution in [1.82, 2.24) is 0 Å². The second-order valence-electron chi connectivity index (χ2n) is 4.58. The van der Waals surface area contributed by atoms with Gasteiger partial charge < -0.3 is 5.73 Å². The summed E-state index contributed by atoms with van der Waals surface area (Å²) >= 11 is 0. The molecule has 88 valence electrons. The fourth-order valence-electron chi connectivity index (χ4n) is 1.55. The van der Waals surface area contributed by atoms with Gasteiger partial charge in [0.1, 0.15) is 5.78 Å². The lowest BCUT2D eigenvalue weighted by atomic mass is 10.00. The predicted molar refractivity (Wildman–Crippen MR) is 67.3 cm³/mol. The number of Topliss-reactive ketones (excluding diaryl/α,β-unsaturated/α-hetero) is 1. The van der Waals surface area contributed by atoms with E-state index in [1.807, 2.05) is 24.3 Å². The Labute approximate surface area is 97.9 Å². The van der Waals surface area contributed by atoms with Crippen molar-refractivity contribution in [2.24, 2.45) is 11.7 Å². The largest absolute Gasteiger partial charge is 0.330 e. The first-order chi connectivity index (χ1) is 7.61. The molecule has 0 radical (unpaired) electrons. The van der Waals surface area contributed by atoms with Crippen molar-refractivity contribution in [1.29, 1.82) is 0 Å². The number of carbonyl (C=O) groups excluding carboxylic acids is 1. The van der Waals surface area contributed by atoms with Gasteiger partial charge in [-0.1, -0.05) is 36.8 Å². The van der Waals surface area contributed by atoms with E-state index in [4.69, 9.17) is 5.73 Å². The minimum Gasteiger partial charge on any atom is -0.330 e. The maximum absolute atomic E-state index is 11.7. The number of carbonyl (C=O) groups is 1. The average molecular weight is 219 g/mol. The molecule has 0 bridgehead atoms. The summed E-state index contributed by atoms with van der Waals surface area (Å²) in [7, 11) is 0. The third-order valence-electron chi connectivity index (χ3n) is 2.84. The van der Waals surface area contributed by atoms with Gasteiger partial charge in [-0.05, 0) is 31.4 Å². The summed E-state index contributed by atoms with van der Waals surface area (Å²) < 4.78 is 0. The second kappa shape index (κ2) is 6.44. The number of hydrogen-bond donors (Lipinski definition) is 1. The third-order valence-corrected chi connectivity index (χ3v) is 2.84. The lowest BCUT2D eigenvalue weighted by molar-refractivity contribution is -0.118. The van der Waals surface area contributed by atoms with Crippen LogP contribution in [0.2, 0.25) is 0 Å². The number of rotatable bonds is 6. The van der Waals surface area contributed by atoms with Gasteiger partial charge in [0.25, 0.3) is 0 Å². The zero-order valence-electron chi connectivity index (χ0n) is 10.2. The number of hydrogen-bond acceptors (Lipinski definition) is 2. The van der Waals surface area contributed by atoms with E-state index < -0.39 is 0 Å². The molecule has 2 N–H and O–H groups in total. The van der Waals surface area contributed by atoms with Gasteiger partial charge in [-0.3, -0.25) is 4.79 Å². The number of benzene rings is 1. The minimum atomic E-state index is 0.309. The molecule has 2 nitrogen and oxygen atoms in total. The zero-order valence-corrected chi connectivity index (χ0v) is 10.2. The van der Waals surface area contributed by atoms with Crippen molar-refractivity contribution in [3.63, 3.8) is 0 Å². The topological polar surface area (TPSA) is 43.1 Å². The molecular weight excluding hydrogens is 198 g/mol. The Morgan fingerprint density at radius 1 is 1.31 bits per heavy atom. The van der Waals surface area contributed by atoms with Crippen molar-refractivity contribution >= 4 is 5.78 Å². The summed E-state index contributed by atoms with van der Waals surface area (Å²) in [6.45, 7) is 4.80. The third kappa shape index (κ3) is 4.58. The summed E-state index contributed by atoms with van der Waals surface area (Å²) in [6, 6.07) is 8.15. The summed E-state index contributed by atoms with van der Waals surface area (Å²) in [5.74, 6) is 0.756. The second-order valence-corrected chi connectivity index (χ2v) is 4.58. The van der Waals surface area contributed by atoms with E-state index in [2.05, 4.69) is 13.8 Å². The molecule has 0 aliphatic carbocycles. The molecule has 0 saturated carbocycles. The smallest absolute Gasteiger partial charge is 0.137 e. The van der Waals surface area contributed by atoms with E-state index in [9.17, 15) is 4.79 Å². The quantitative estimate of drug-likeness (QED) is 0.798. The Hall–Kier alpha value is -1.15. The predicted octanol–water partition coefficient (Wildman–Crippen LogP) is 2.48. The van der Waals surface area contributed by atoms with Crippen LogP contribution >= 0.6 is 0 Å². The van der Waals surface area contributed by atoms with Crippen LogP contribution in [0, 0.1) is 12.8 Å². The molecule has 0 aromatic heterocycles. The maximum Gasteiger partial charge on any atom is 0.137 e. The van der Waals surface area contributed by atoms with Crippen LogP contribution in [0.4, 0.5) is 0 Å². The molecule has 0 aliphatic rings. The van der Waals surface area contributed by atoms with Gasteiger partial charge >= 0.3 is 0 Å². The van der Waals surface area contributed by atoms with Crippen LogP contribution in [0.3, 0.4) is 0 Å². The lowest BCUT2D eigenvalue weighted by Gasteiger charge is -2.07. The van der Waals surface area contributed by atoms with E-state index in [1.165, 1.54) is 5.56 Å². The number of aryl methyl sites for hydroxylation is 1. The van der Waals surface area contributed by atoms with Crippen molar-refractivity contribution in [2.75, 3.05) is 6.54 Å². The standard InChI is InChI=1S/C14H21NO/c1-11-3-6-13(7-4-11)9-14(16)8-5-12(2)10-15/h3-4,6-7,12H,5,8-10,15H2,1-2H3. The molecule has 0 fully saturated rings. The van der Waals surface area contributed by atoms with E-state index >= 15 is 0 Å². The molecule has 0 aliphatic heterocycles. The molecule has 16 heavy (non-hydrogen) atoms. The Morgan fingerprint density at radius 2 is 1.94 bits per heavy atom. The maximum atomic E-state index is 11.7. The first-order valence-electron chi connectivity index (χ1n) is 5.89. The molecule has 0 spiro atoms. The highest BCUT2D eigenvalue weighted by atomic mass is 16.1. The molecule has 1 unspecified atom stereocenters. The molecule has 1 rings (SSSR count). The van der Waals surface area contributed by atoms with Crippen LogP contribution in [0.25, 0.3) is 0 Å². The number of ketones is 1. The molecular formula is C14H21NO. The van der Waals surface area contributed by atoms with Crippen LogP contribution in [0.5, 0.6) is 0 Å². The van der Waals surface area contributed by atoms with Crippen LogP contribution in [-0.4, -0.2) is 12.3 Å². The normalized spacial score (nSPS) is 12.4. The molecule has 0 saturated heterocycles. The molecule has 0 amide bonds.